The van der Waals surface area contributed by atoms with Crippen molar-refractivity contribution in [2.45, 2.75) is 37.8 Å². The smallest absolute Gasteiger partial charge is 0.243 e. The number of carbonyl (C=O) groups excluding carboxylic acids is 2. The van der Waals surface area contributed by atoms with Crippen molar-refractivity contribution in [2.24, 2.45) is 0 Å². The Morgan fingerprint density at radius 1 is 1.08 bits per heavy atom. The van der Waals surface area contributed by atoms with Gasteiger partial charge < -0.3 is 10.2 Å². The van der Waals surface area contributed by atoms with E-state index >= 15 is 0 Å². The van der Waals surface area contributed by atoms with E-state index in [9.17, 15) is 9.59 Å². The second kappa shape index (κ2) is 8.47. The lowest BCUT2D eigenvalue weighted by molar-refractivity contribution is -0.135. The van der Waals surface area contributed by atoms with Crippen molar-refractivity contribution in [1.29, 1.82) is 0 Å². The average Bonchev–Trinajstić information content (AvgIpc) is 2.69. The van der Waals surface area contributed by atoms with E-state index in [0.29, 0.717) is 6.54 Å². The highest BCUT2D eigenvalue weighted by Crippen LogP contribution is 2.21. The van der Waals surface area contributed by atoms with Crippen molar-refractivity contribution in [3.05, 3.63) is 71.8 Å². The quantitative estimate of drug-likeness (QED) is 0.824. The summed E-state index contributed by atoms with van der Waals surface area (Å²) < 4.78 is 0. The van der Waals surface area contributed by atoms with Crippen LogP contribution in [-0.4, -0.2) is 29.8 Å². The number of rotatable bonds is 6. The fraction of sp³-hybridized carbons (Fsp3) is 0.333. The molecule has 2 amide bonds. The van der Waals surface area contributed by atoms with Crippen LogP contribution in [-0.2, 0) is 16.0 Å². The summed E-state index contributed by atoms with van der Waals surface area (Å²) in [5.41, 5.74) is 2.25. The average molecular weight is 336 g/mol. The molecule has 1 N–H and O–H groups in total. The maximum atomic E-state index is 12.8. The lowest BCUT2D eigenvalue weighted by atomic mass is 9.97. The van der Waals surface area contributed by atoms with Crippen LogP contribution in [0.4, 0.5) is 0 Å². The second-order valence-corrected chi connectivity index (χ2v) is 6.52. The number of hydrogen-bond donors (Lipinski definition) is 1. The van der Waals surface area contributed by atoms with Gasteiger partial charge in [-0.25, -0.2) is 0 Å². The second-order valence-electron chi connectivity index (χ2n) is 6.52. The molecule has 4 nitrogen and oxygen atoms in total. The van der Waals surface area contributed by atoms with Crippen LogP contribution >= 0.6 is 0 Å². The molecule has 0 aromatic heterocycles. The van der Waals surface area contributed by atoms with Gasteiger partial charge in [-0.1, -0.05) is 60.7 Å². The SMILES string of the molecule is O=CN1CCCC[C@H]1C(=O)N[C@H](Cc1ccccc1)c1ccccc1. The molecule has 1 aliphatic heterocycles. The van der Waals surface area contributed by atoms with Gasteiger partial charge in [-0.3, -0.25) is 9.59 Å². The fourth-order valence-corrected chi connectivity index (χ4v) is 3.42. The minimum absolute atomic E-state index is 0.0587. The summed E-state index contributed by atoms with van der Waals surface area (Å²) in [5.74, 6) is -0.0587. The van der Waals surface area contributed by atoms with Gasteiger partial charge in [-0.15, -0.1) is 0 Å². The normalized spacial score (nSPS) is 18.4. The van der Waals surface area contributed by atoms with Gasteiger partial charge in [0.15, 0.2) is 0 Å². The first kappa shape index (κ1) is 17.2. The van der Waals surface area contributed by atoms with Crippen molar-refractivity contribution >= 4 is 12.3 Å². The Kier molecular flexibility index (Phi) is 5.83. The van der Waals surface area contributed by atoms with E-state index < -0.39 is 0 Å². The van der Waals surface area contributed by atoms with Crippen molar-refractivity contribution < 1.29 is 9.59 Å². The molecule has 2 atom stereocenters. The van der Waals surface area contributed by atoms with Crippen LogP contribution < -0.4 is 5.32 Å². The van der Waals surface area contributed by atoms with E-state index in [2.05, 4.69) is 17.4 Å². The molecule has 1 saturated heterocycles. The molecule has 3 rings (SSSR count). The first-order valence-corrected chi connectivity index (χ1v) is 8.88. The largest absolute Gasteiger partial charge is 0.347 e. The summed E-state index contributed by atoms with van der Waals surface area (Å²) in [6.07, 6.45) is 4.21. The molecule has 4 heteroatoms. The molecule has 0 spiro atoms. The summed E-state index contributed by atoms with van der Waals surface area (Å²) in [6.45, 7) is 0.663. The number of amides is 2. The van der Waals surface area contributed by atoms with Gasteiger partial charge in [-0.05, 0) is 36.8 Å². The Morgan fingerprint density at radius 2 is 1.76 bits per heavy atom. The third-order valence-electron chi connectivity index (χ3n) is 4.78. The van der Waals surface area contributed by atoms with E-state index in [0.717, 1.165) is 37.7 Å². The molecular weight excluding hydrogens is 312 g/mol. The van der Waals surface area contributed by atoms with E-state index in [4.69, 9.17) is 0 Å². The summed E-state index contributed by atoms with van der Waals surface area (Å²) in [6, 6.07) is 19.7. The lowest BCUT2D eigenvalue weighted by Gasteiger charge is -2.33. The van der Waals surface area contributed by atoms with Crippen LogP contribution in [0, 0.1) is 0 Å². The molecule has 2 aromatic rings. The standard InChI is InChI=1S/C21H24N2O2/c24-16-23-14-8-7-13-20(23)21(25)22-19(18-11-5-2-6-12-18)15-17-9-3-1-4-10-17/h1-6,9-12,16,19-20H,7-8,13-15H2,(H,22,25)/t19-,20+/m1/s1. The molecular formula is C21H24N2O2. The maximum absolute atomic E-state index is 12.8. The van der Waals surface area contributed by atoms with Gasteiger partial charge in [0.05, 0.1) is 6.04 Å². The Labute approximate surface area is 148 Å². The predicted octanol–water partition coefficient (Wildman–Crippen LogP) is 3.10. The van der Waals surface area contributed by atoms with Gasteiger partial charge in [-0.2, -0.15) is 0 Å². The number of likely N-dealkylation sites (tertiary alicyclic amines) is 1. The van der Waals surface area contributed by atoms with Crippen LogP contribution in [0.15, 0.2) is 60.7 Å². The van der Waals surface area contributed by atoms with E-state index in [1.807, 2.05) is 48.5 Å². The minimum Gasteiger partial charge on any atom is -0.347 e. The molecule has 0 bridgehead atoms. The van der Waals surface area contributed by atoms with Crippen molar-refractivity contribution in [1.82, 2.24) is 10.2 Å². The molecule has 1 aliphatic rings. The number of benzene rings is 2. The van der Waals surface area contributed by atoms with Crippen LogP contribution in [0.2, 0.25) is 0 Å². The van der Waals surface area contributed by atoms with Gasteiger partial charge >= 0.3 is 0 Å². The van der Waals surface area contributed by atoms with Crippen LogP contribution in [0.1, 0.15) is 36.4 Å². The van der Waals surface area contributed by atoms with Crippen molar-refractivity contribution in [2.75, 3.05) is 6.54 Å². The summed E-state index contributed by atoms with van der Waals surface area (Å²) in [5, 5.41) is 3.18. The zero-order chi connectivity index (χ0) is 17.5. The highest BCUT2D eigenvalue weighted by Gasteiger charge is 2.29. The van der Waals surface area contributed by atoms with Gasteiger partial charge in [0.1, 0.15) is 6.04 Å². The third kappa shape index (κ3) is 4.47. The number of piperidine rings is 1. The van der Waals surface area contributed by atoms with Gasteiger partial charge in [0.25, 0.3) is 0 Å². The molecule has 0 saturated carbocycles. The zero-order valence-electron chi connectivity index (χ0n) is 14.3. The molecule has 0 radical (unpaired) electrons. The Balaban J connectivity index is 1.77. The molecule has 1 heterocycles. The summed E-state index contributed by atoms with van der Waals surface area (Å²) in [7, 11) is 0. The number of nitrogens with one attached hydrogen (secondary N) is 1. The first-order chi connectivity index (χ1) is 12.3. The summed E-state index contributed by atoms with van der Waals surface area (Å²) >= 11 is 0. The highest BCUT2D eigenvalue weighted by molar-refractivity contribution is 5.84. The Morgan fingerprint density at radius 3 is 2.44 bits per heavy atom. The summed E-state index contributed by atoms with van der Waals surface area (Å²) in [4.78, 5) is 25.7. The fourth-order valence-electron chi connectivity index (χ4n) is 3.42. The number of carbonyl (C=O) groups is 2. The monoisotopic (exact) mass is 336 g/mol. The highest BCUT2D eigenvalue weighted by atomic mass is 16.2. The molecule has 0 aliphatic carbocycles. The third-order valence-corrected chi connectivity index (χ3v) is 4.78. The lowest BCUT2D eigenvalue weighted by Crippen LogP contribution is -2.49. The number of nitrogens with zero attached hydrogens (tertiary/aromatic N) is 1. The molecule has 130 valence electrons. The van der Waals surface area contributed by atoms with Gasteiger partial charge in [0, 0.05) is 6.54 Å². The van der Waals surface area contributed by atoms with Crippen LogP contribution in [0.3, 0.4) is 0 Å². The van der Waals surface area contributed by atoms with Crippen molar-refractivity contribution in [3.63, 3.8) is 0 Å². The Bertz CT molecular complexity index is 688. The van der Waals surface area contributed by atoms with E-state index in [-0.39, 0.29) is 18.0 Å². The maximum Gasteiger partial charge on any atom is 0.243 e. The molecule has 2 aromatic carbocycles. The van der Waals surface area contributed by atoms with E-state index in [1.54, 1.807) is 4.90 Å². The number of hydrogen-bond acceptors (Lipinski definition) is 2. The zero-order valence-corrected chi connectivity index (χ0v) is 14.3. The molecule has 1 fully saturated rings. The van der Waals surface area contributed by atoms with Crippen LogP contribution in [0.25, 0.3) is 0 Å². The molecule has 25 heavy (non-hydrogen) atoms. The predicted molar refractivity (Wildman–Crippen MR) is 97.9 cm³/mol. The molecule has 0 unspecified atom stereocenters. The Hall–Kier alpha value is -2.62. The minimum atomic E-state index is -0.353. The first-order valence-electron chi connectivity index (χ1n) is 8.88. The van der Waals surface area contributed by atoms with E-state index in [1.165, 1.54) is 5.56 Å². The van der Waals surface area contributed by atoms with Crippen LogP contribution in [0.5, 0.6) is 0 Å². The van der Waals surface area contributed by atoms with Crippen molar-refractivity contribution in [3.8, 4) is 0 Å². The topological polar surface area (TPSA) is 49.4 Å². The van der Waals surface area contributed by atoms with Gasteiger partial charge in [0.2, 0.25) is 12.3 Å².